The molecule has 0 N–H and O–H groups in total. The number of rotatable bonds is 6. The zero-order valence-corrected chi connectivity index (χ0v) is 7.45. The first-order chi connectivity index (χ1) is 5.74. The van der Waals surface area contributed by atoms with E-state index in [0.717, 1.165) is 0 Å². The number of hydroxylamine groups is 2. The summed E-state index contributed by atoms with van der Waals surface area (Å²) in [6.45, 7) is 9.90. The van der Waals surface area contributed by atoms with E-state index < -0.39 is 0 Å². The van der Waals surface area contributed by atoms with Crippen molar-refractivity contribution in [2.24, 2.45) is 0 Å². The first-order valence-corrected chi connectivity index (χ1v) is 3.92. The predicted molar refractivity (Wildman–Crippen MR) is 48.4 cm³/mol. The highest BCUT2D eigenvalue weighted by atomic mass is 16.7. The molecule has 0 spiro atoms. The minimum absolute atomic E-state index is 0.237. The summed E-state index contributed by atoms with van der Waals surface area (Å²) in [7, 11) is 0. The number of hydrogen-bond acceptors (Lipinski definition) is 3. The molecule has 0 rings (SSSR count). The molecule has 68 valence electrons. The van der Waals surface area contributed by atoms with E-state index in [2.05, 4.69) is 13.2 Å². The van der Waals surface area contributed by atoms with E-state index in [9.17, 15) is 4.79 Å². The minimum Gasteiger partial charge on any atom is -0.367 e. The molecule has 0 aromatic carbocycles. The lowest BCUT2D eigenvalue weighted by Crippen LogP contribution is -2.27. The second-order valence-corrected chi connectivity index (χ2v) is 2.24. The maximum Gasteiger partial charge on any atom is 0.324 e. The van der Waals surface area contributed by atoms with Crippen LogP contribution in [-0.2, 0) is 9.63 Å². The third-order valence-electron chi connectivity index (χ3n) is 1.19. The number of hydrogen-bond donors (Lipinski definition) is 0. The molecule has 0 bridgehead atoms. The van der Waals surface area contributed by atoms with E-state index >= 15 is 0 Å². The van der Waals surface area contributed by atoms with E-state index in [0.29, 0.717) is 19.5 Å². The van der Waals surface area contributed by atoms with Crippen LogP contribution in [0.5, 0.6) is 0 Å². The van der Waals surface area contributed by atoms with E-state index in [1.54, 1.807) is 19.1 Å². The van der Waals surface area contributed by atoms with E-state index in [1.165, 1.54) is 5.06 Å². The monoisotopic (exact) mass is 169 g/mol. The molecular formula is C9H15NO2. The van der Waals surface area contributed by atoms with Crippen molar-refractivity contribution in [3.8, 4) is 0 Å². The predicted octanol–water partition coefficient (Wildman–Crippen LogP) is 1.53. The van der Waals surface area contributed by atoms with Gasteiger partial charge in [-0.15, -0.1) is 18.2 Å². The molecule has 0 radical (unpaired) electrons. The Morgan fingerprint density at radius 3 is 2.25 bits per heavy atom. The highest BCUT2D eigenvalue weighted by Crippen LogP contribution is 1.94. The van der Waals surface area contributed by atoms with Crippen molar-refractivity contribution in [1.29, 1.82) is 0 Å². The normalized spacial score (nSPS) is 9.50. The largest absolute Gasteiger partial charge is 0.367 e. The van der Waals surface area contributed by atoms with Gasteiger partial charge in [-0.05, 0) is 0 Å². The quantitative estimate of drug-likeness (QED) is 0.446. The van der Waals surface area contributed by atoms with Crippen LogP contribution in [-0.4, -0.2) is 24.1 Å². The average molecular weight is 169 g/mol. The van der Waals surface area contributed by atoms with Gasteiger partial charge in [0.1, 0.15) is 0 Å². The Kier molecular flexibility index (Phi) is 6.01. The van der Waals surface area contributed by atoms with Crippen LogP contribution in [0.15, 0.2) is 25.3 Å². The summed E-state index contributed by atoms with van der Waals surface area (Å²) < 4.78 is 0. The van der Waals surface area contributed by atoms with Crippen molar-refractivity contribution < 1.29 is 9.63 Å². The smallest absolute Gasteiger partial charge is 0.324 e. The van der Waals surface area contributed by atoms with Crippen molar-refractivity contribution in [1.82, 2.24) is 5.06 Å². The summed E-state index contributed by atoms with van der Waals surface area (Å²) in [6.07, 6.45) is 3.73. The van der Waals surface area contributed by atoms with Gasteiger partial charge in [-0.2, -0.15) is 0 Å². The summed E-state index contributed by atoms with van der Waals surface area (Å²) in [4.78, 5) is 15.8. The third kappa shape index (κ3) is 4.68. The average Bonchev–Trinajstić information content (AvgIpc) is 2.05. The molecule has 3 nitrogen and oxygen atoms in total. The molecule has 0 heterocycles. The first kappa shape index (κ1) is 10.9. The second kappa shape index (κ2) is 6.61. The zero-order chi connectivity index (χ0) is 9.40. The molecule has 0 unspecified atom stereocenters. The van der Waals surface area contributed by atoms with Gasteiger partial charge >= 0.3 is 5.97 Å². The van der Waals surface area contributed by atoms with Crippen molar-refractivity contribution in [3.63, 3.8) is 0 Å². The summed E-state index contributed by atoms with van der Waals surface area (Å²) in [5.41, 5.74) is 0. The van der Waals surface area contributed by atoms with Crippen molar-refractivity contribution >= 4 is 5.97 Å². The standard InChI is InChI=1S/C9H15NO2/c1-4-7-10(8-5-2)12-9(11)6-3/h4-5H,1-2,6-8H2,3H3. The molecular weight excluding hydrogens is 154 g/mol. The van der Waals surface area contributed by atoms with Gasteiger partial charge in [-0.25, -0.2) is 0 Å². The maximum absolute atomic E-state index is 10.8. The summed E-state index contributed by atoms with van der Waals surface area (Å²) in [5, 5.41) is 1.51. The molecule has 0 atom stereocenters. The van der Waals surface area contributed by atoms with Crippen LogP contribution in [0.25, 0.3) is 0 Å². The summed E-state index contributed by atoms with van der Waals surface area (Å²) >= 11 is 0. The van der Waals surface area contributed by atoms with Gasteiger partial charge in [-0.3, -0.25) is 4.79 Å². The van der Waals surface area contributed by atoms with Gasteiger partial charge in [-0.1, -0.05) is 19.1 Å². The van der Waals surface area contributed by atoms with Gasteiger partial charge in [0, 0.05) is 6.42 Å². The maximum atomic E-state index is 10.8. The molecule has 0 aliphatic heterocycles. The Labute approximate surface area is 73.3 Å². The van der Waals surface area contributed by atoms with Crippen molar-refractivity contribution in [2.75, 3.05) is 13.1 Å². The number of carbonyl (C=O) groups excluding carboxylic acids is 1. The van der Waals surface area contributed by atoms with Crippen LogP contribution in [0.3, 0.4) is 0 Å². The molecule has 0 saturated carbocycles. The molecule has 0 aliphatic carbocycles. The van der Waals surface area contributed by atoms with Gasteiger partial charge in [0.2, 0.25) is 0 Å². The topological polar surface area (TPSA) is 29.5 Å². The molecule has 0 saturated heterocycles. The third-order valence-corrected chi connectivity index (χ3v) is 1.19. The number of nitrogens with zero attached hydrogens (tertiary/aromatic N) is 1. The van der Waals surface area contributed by atoms with Gasteiger partial charge in [0.05, 0.1) is 13.1 Å². The molecule has 0 aliphatic rings. The first-order valence-electron chi connectivity index (χ1n) is 3.92. The van der Waals surface area contributed by atoms with E-state index in [1.807, 2.05) is 0 Å². The fraction of sp³-hybridized carbons (Fsp3) is 0.444. The Morgan fingerprint density at radius 2 is 1.92 bits per heavy atom. The lowest BCUT2D eigenvalue weighted by molar-refractivity contribution is -0.185. The summed E-state index contributed by atoms with van der Waals surface area (Å²) in [5.74, 6) is -0.237. The zero-order valence-electron chi connectivity index (χ0n) is 7.45. The molecule has 12 heavy (non-hydrogen) atoms. The SMILES string of the molecule is C=CCN(CC=C)OC(=O)CC. The van der Waals surface area contributed by atoms with Gasteiger partial charge in [0.25, 0.3) is 0 Å². The van der Waals surface area contributed by atoms with E-state index in [-0.39, 0.29) is 5.97 Å². The van der Waals surface area contributed by atoms with Gasteiger partial charge in [0.15, 0.2) is 0 Å². The lowest BCUT2D eigenvalue weighted by Gasteiger charge is -2.16. The Morgan fingerprint density at radius 1 is 1.42 bits per heavy atom. The lowest BCUT2D eigenvalue weighted by atomic mass is 10.5. The van der Waals surface area contributed by atoms with E-state index in [4.69, 9.17) is 4.84 Å². The fourth-order valence-electron chi connectivity index (χ4n) is 0.646. The van der Waals surface area contributed by atoms with Crippen LogP contribution in [0, 0.1) is 0 Å². The van der Waals surface area contributed by atoms with Crippen molar-refractivity contribution in [3.05, 3.63) is 25.3 Å². The molecule has 0 aromatic rings. The van der Waals surface area contributed by atoms with Crippen LogP contribution < -0.4 is 0 Å². The molecule has 3 heteroatoms. The van der Waals surface area contributed by atoms with Crippen LogP contribution in [0.4, 0.5) is 0 Å². The fourth-order valence-corrected chi connectivity index (χ4v) is 0.646. The molecule has 0 fully saturated rings. The van der Waals surface area contributed by atoms with Crippen LogP contribution in [0.2, 0.25) is 0 Å². The Balaban J connectivity index is 3.83. The van der Waals surface area contributed by atoms with Gasteiger partial charge < -0.3 is 4.84 Å². The second-order valence-electron chi connectivity index (χ2n) is 2.24. The highest BCUT2D eigenvalue weighted by molar-refractivity contribution is 5.68. The Hall–Kier alpha value is -1.09. The molecule has 0 aromatic heterocycles. The number of carbonyl (C=O) groups is 1. The van der Waals surface area contributed by atoms with Crippen molar-refractivity contribution in [2.45, 2.75) is 13.3 Å². The van der Waals surface area contributed by atoms with Crippen LogP contribution in [0.1, 0.15) is 13.3 Å². The highest BCUT2D eigenvalue weighted by Gasteiger charge is 2.05. The minimum atomic E-state index is -0.237. The van der Waals surface area contributed by atoms with Crippen LogP contribution >= 0.6 is 0 Å². The molecule has 0 amide bonds. The Bertz CT molecular complexity index is 156. The summed E-state index contributed by atoms with van der Waals surface area (Å²) in [6, 6.07) is 0.